The van der Waals surface area contributed by atoms with Crippen LogP contribution in [-0.2, 0) is 13.1 Å². The van der Waals surface area contributed by atoms with Gasteiger partial charge in [-0.05, 0) is 43.7 Å². The maximum absolute atomic E-state index is 13.1. The molecule has 1 aliphatic heterocycles. The largest absolute Gasteiger partial charge is 0.472 e. The predicted molar refractivity (Wildman–Crippen MR) is 118 cm³/mol. The van der Waals surface area contributed by atoms with Crippen LogP contribution in [0, 0.1) is 5.82 Å². The van der Waals surface area contributed by atoms with Gasteiger partial charge in [-0.15, -0.1) is 5.10 Å². The van der Waals surface area contributed by atoms with Crippen molar-refractivity contribution < 1.29 is 13.9 Å². The SMILES string of the molecule is C=C/C=C(\C=C/C)COc1cc2n(n1)C[C@@H](C)N(C(=O)c1ccc(F)cc1)C2.CC. The molecule has 0 saturated carbocycles. The first kappa shape index (κ1) is 23.1. The molecule has 3 rings (SSSR count). The van der Waals surface area contributed by atoms with Crippen molar-refractivity contribution in [2.75, 3.05) is 6.61 Å². The molecule has 1 atom stereocenters. The van der Waals surface area contributed by atoms with Crippen LogP contribution >= 0.6 is 0 Å². The fourth-order valence-electron chi connectivity index (χ4n) is 3.17. The second-order valence-corrected chi connectivity index (χ2v) is 6.71. The second-order valence-electron chi connectivity index (χ2n) is 6.71. The first-order chi connectivity index (χ1) is 14.5. The zero-order chi connectivity index (χ0) is 22.1. The van der Waals surface area contributed by atoms with Gasteiger partial charge in [0.15, 0.2) is 0 Å². The summed E-state index contributed by atoms with van der Waals surface area (Å²) in [5.41, 5.74) is 2.37. The Balaban J connectivity index is 0.00000155. The minimum absolute atomic E-state index is 0.0305. The van der Waals surface area contributed by atoms with Gasteiger partial charge in [0.25, 0.3) is 5.91 Å². The number of carbonyl (C=O) groups excluding carboxylic acids is 1. The molecular weight excluding hydrogens is 381 g/mol. The number of nitrogens with zero attached hydrogens (tertiary/aromatic N) is 3. The van der Waals surface area contributed by atoms with Crippen molar-refractivity contribution in [1.82, 2.24) is 14.7 Å². The molecule has 6 heteroatoms. The highest BCUT2D eigenvalue weighted by Gasteiger charge is 2.29. The quantitative estimate of drug-likeness (QED) is 0.617. The lowest BCUT2D eigenvalue weighted by molar-refractivity contribution is 0.0606. The van der Waals surface area contributed by atoms with Crippen LogP contribution < -0.4 is 4.74 Å². The lowest BCUT2D eigenvalue weighted by Gasteiger charge is -2.33. The van der Waals surface area contributed by atoms with Gasteiger partial charge in [0.2, 0.25) is 5.88 Å². The molecular formula is C24H30FN3O2. The zero-order valence-electron chi connectivity index (χ0n) is 18.1. The van der Waals surface area contributed by atoms with Gasteiger partial charge in [0.1, 0.15) is 12.4 Å². The molecule has 0 spiro atoms. The number of aromatic nitrogens is 2. The van der Waals surface area contributed by atoms with E-state index in [1.165, 1.54) is 24.3 Å². The number of carbonyl (C=O) groups is 1. The summed E-state index contributed by atoms with van der Waals surface area (Å²) in [6.07, 6.45) is 7.51. The standard InChI is InChI=1S/C22H24FN3O2.C2H6/c1-4-6-17(7-5-2)15-28-21-12-20-14-25(16(3)13-26(20)24-21)22(27)18-8-10-19(23)11-9-18;1-2/h4-12,16H,1,13-15H2,2-3H3;1-2H3/b7-5-,17-6+;/t16-;/m1./s1. The molecule has 160 valence electrons. The summed E-state index contributed by atoms with van der Waals surface area (Å²) in [5, 5.41) is 4.50. The fraction of sp³-hybridized carbons (Fsp3) is 0.333. The summed E-state index contributed by atoms with van der Waals surface area (Å²) in [7, 11) is 0. The van der Waals surface area contributed by atoms with Gasteiger partial charge in [-0.3, -0.25) is 9.48 Å². The molecule has 2 heterocycles. The number of halogens is 1. The molecule has 2 aromatic rings. The Morgan fingerprint density at radius 2 is 2.03 bits per heavy atom. The molecule has 1 aliphatic rings. The first-order valence-electron chi connectivity index (χ1n) is 10.2. The van der Waals surface area contributed by atoms with Gasteiger partial charge < -0.3 is 9.64 Å². The normalized spacial score (nSPS) is 16.0. The molecule has 0 bridgehead atoms. The Bertz CT molecular complexity index is 913. The summed E-state index contributed by atoms with van der Waals surface area (Å²) in [6.45, 7) is 13.0. The molecule has 5 nitrogen and oxygen atoms in total. The second kappa shape index (κ2) is 11.1. The predicted octanol–water partition coefficient (Wildman–Crippen LogP) is 5.16. The number of rotatable bonds is 6. The lowest BCUT2D eigenvalue weighted by atomic mass is 10.1. The smallest absolute Gasteiger partial charge is 0.254 e. The van der Waals surface area contributed by atoms with E-state index in [1.54, 1.807) is 11.0 Å². The van der Waals surface area contributed by atoms with E-state index in [2.05, 4.69) is 11.7 Å². The number of benzene rings is 1. The van der Waals surface area contributed by atoms with Crippen LogP contribution in [0.4, 0.5) is 4.39 Å². The molecule has 1 amide bonds. The Morgan fingerprint density at radius 1 is 1.33 bits per heavy atom. The van der Waals surface area contributed by atoms with Crippen LogP contribution in [-0.4, -0.2) is 33.2 Å². The van der Waals surface area contributed by atoms with E-state index in [-0.39, 0.29) is 17.8 Å². The highest BCUT2D eigenvalue weighted by Crippen LogP contribution is 2.23. The third-order valence-electron chi connectivity index (χ3n) is 4.59. The topological polar surface area (TPSA) is 47.4 Å². The van der Waals surface area contributed by atoms with Gasteiger partial charge in [-0.2, -0.15) is 0 Å². The molecule has 0 fully saturated rings. The van der Waals surface area contributed by atoms with Crippen molar-refractivity contribution in [3.8, 4) is 5.88 Å². The van der Waals surface area contributed by atoms with Gasteiger partial charge in [0, 0.05) is 17.7 Å². The van der Waals surface area contributed by atoms with E-state index < -0.39 is 0 Å². The number of amides is 1. The summed E-state index contributed by atoms with van der Waals surface area (Å²) in [6, 6.07) is 7.46. The van der Waals surface area contributed by atoms with Crippen LogP contribution in [0.3, 0.4) is 0 Å². The van der Waals surface area contributed by atoms with Crippen molar-refractivity contribution in [2.45, 2.75) is 46.8 Å². The Hall–Kier alpha value is -3.15. The molecule has 0 unspecified atom stereocenters. The van der Waals surface area contributed by atoms with Crippen molar-refractivity contribution in [3.63, 3.8) is 0 Å². The monoisotopic (exact) mass is 411 g/mol. The van der Waals surface area contributed by atoms with Crippen molar-refractivity contribution >= 4 is 5.91 Å². The number of hydrogen-bond donors (Lipinski definition) is 0. The van der Waals surface area contributed by atoms with Crippen LogP contribution in [0.1, 0.15) is 43.7 Å². The molecule has 0 aliphatic carbocycles. The summed E-state index contributed by atoms with van der Waals surface area (Å²) in [4.78, 5) is 14.6. The average molecular weight is 412 g/mol. The Labute approximate surface area is 178 Å². The molecule has 0 saturated heterocycles. The number of fused-ring (bicyclic) bond motifs is 1. The highest BCUT2D eigenvalue weighted by atomic mass is 19.1. The van der Waals surface area contributed by atoms with Gasteiger partial charge in [-0.1, -0.05) is 44.7 Å². The summed E-state index contributed by atoms with van der Waals surface area (Å²) >= 11 is 0. The molecule has 30 heavy (non-hydrogen) atoms. The highest BCUT2D eigenvalue weighted by molar-refractivity contribution is 5.94. The zero-order valence-corrected chi connectivity index (χ0v) is 18.1. The molecule has 1 aromatic carbocycles. The molecule has 0 radical (unpaired) electrons. The lowest BCUT2D eigenvalue weighted by Crippen LogP contribution is -2.44. The van der Waals surface area contributed by atoms with Crippen LogP contribution in [0.2, 0.25) is 0 Å². The minimum atomic E-state index is -0.356. The van der Waals surface area contributed by atoms with E-state index in [9.17, 15) is 9.18 Å². The Kier molecular flexibility index (Phi) is 8.59. The number of ether oxygens (including phenoxy) is 1. The number of allylic oxidation sites excluding steroid dienone is 3. The molecule has 0 N–H and O–H groups in total. The van der Waals surface area contributed by atoms with E-state index >= 15 is 0 Å². The van der Waals surface area contributed by atoms with Gasteiger partial charge in [0.05, 0.1) is 18.8 Å². The van der Waals surface area contributed by atoms with Crippen LogP contribution in [0.25, 0.3) is 0 Å². The van der Waals surface area contributed by atoms with Crippen LogP contribution in [0.15, 0.2) is 66.8 Å². The summed E-state index contributed by atoms with van der Waals surface area (Å²) in [5.74, 6) is 0.0513. The maximum atomic E-state index is 13.1. The number of hydrogen-bond acceptors (Lipinski definition) is 3. The fourth-order valence-corrected chi connectivity index (χ4v) is 3.17. The van der Waals surface area contributed by atoms with Gasteiger partial charge in [-0.25, -0.2) is 4.39 Å². The first-order valence-corrected chi connectivity index (χ1v) is 10.2. The third kappa shape index (κ3) is 5.69. The average Bonchev–Trinajstić information content (AvgIpc) is 3.15. The minimum Gasteiger partial charge on any atom is -0.472 e. The maximum Gasteiger partial charge on any atom is 0.254 e. The third-order valence-corrected chi connectivity index (χ3v) is 4.59. The summed E-state index contributed by atoms with van der Waals surface area (Å²) < 4.78 is 20.8. The van der Waals surface area contributed by atoms with E-state index in [4.69, 9.17) is 4.74 Å². The van der Waals surface area contributed by atoms with E-state index in [0.717, 1.165) is 11.3 Å². The van der Waals surface area contributed by atoms with Crippen molar-refractivity contribution in [2.24, 2.45) is 0 Å². The van der Waals surface area contributed by atoms with E-state index in [1.807, 2.05) is 56.7 Å². The van der Waals surface area contributed by atoms with Gasteiger partial charge >= 0.3 is 0 Å². The van der Waals surface area contributed by atoms with Crippen molar-refractivity contribution in [3.05, 3.63) is 83.9 Å². The van der Waals surface area contributed by atoms with Crippen molar-refractivity contribution in [1.29, 1.82) is 0 Å². The molecule has 1 aromatic heterocycles. The van der Waals surface area contributed by atoms with E-state index in [0.29, 0.717) is 31.1 Å². The van der Waals surface area contributed by atoms with Crippen LogP contribution in [0.5, 0.6) is 5.88 Å². The Morgan fingerprint density at radius 3 is 2.67 bits per heavy atom.